The summed E-state index contributed by atoms with van der Waals surface area (Å²) in [5, 5.41) is 11.9. The second kappa shape index (κ2) is 8.77. The average Bonchev–Trinajstić information content (AvgIpc) is 2.65. The summed E-state index contributed by atoms with van der Waals surface area (Å²) in [4.78, 5) is 15.3. The van der Waals surface area contributed by atoms with Crippen molar-refractivity contribution >= 4 is 5.91 Å². The number of carbonyl (C=O) groups excluding carboxylic acids is 1. The van der Waals surface area contributed by atoms with Crippen LogP contribution in [-0.4, -0.2) is 35.1 Å². The van der Waals surface area contributed by atoms with Crippen LogP contribution in [0.5, 0.6) is 0 Å². The minimum Gasteiger partial charge on any atom is -0.386 e. The second-order valence-electron chi connectivity index (χ2n) is 5.90. The number of nitrogens with one attached hydrogen (secondary N) is 1. The molecule has 3 atom stereocenters. The molecule has 26 heavy (non-hydrogen) atoms. The lowest BCUT2D eigenvalue weighted by atomic mass is 9.99. The highest BCUT2D eigenvalue weighted by Crippen LogP contribution is 2.24. The maximum absolute atomic E-state index is 13.0. The lowest BCUT2D eigenvalue weighted by Crippen LogP contribution is -2.43. The van der Waals surface area contributed by atoms with E-state index in [9.17, 15) is 23.1 Å². The number of carbonyl (C=O) groups is 1. The van der Waals surface area contributed by atoms with Crippen molar-refractivity contribution in [2.24, 2.45) is 5.73 Å². The monoisotopic (exact) mass is 367 g/mol. The highest BCUT2D eigenvalue weighted by Gasteiger charge is 2.26. The fraction of sp³-hybridized carbons (Fsp3) is 0.333. The van der Waals surface area contributed by atoms with Gasteiger partial charge >= 0.3 is 6.43 Å². The number of hydrogen-bond acceptors (Lipinski definition) is 4. The minimum atomic E-state index is -3.27. The van der Waals surface area contributed by atoms with Crippen molar-refractivity contribution < 1.29 is 23.1 Å². The van der Waals surface area contributed by atoms with Gasteiger partial charge in [0.2, 0.25) is 0 Å². The second-order valence-corrected chi connectivity index (χ2v) is 5.90. The van der Waals surface area contributed by atoms with E-state index in [1.54, 1.807) is 23.6 Å². The normalized spacial score (nSPS) is 14.7. The van der Waals surface area contributed by atoms with Crippen LogP contribution in [0.3, 0.4) is 0 Å². The molecular formula is C18H20F3N3O2. The number of nitrogens with two attached hydrogens (primary N) is 1. The fourth-order valence-corrected chi connectivity index (χ4v) is 2.40. The van der Waals surface area contributed by atoms with Crippen LogP contribution in [0.15, 0.2) is 42.6 Å². The summed E-state index contributed by atoms with van der Waals surface area (Å²) in [5.41, 5.74) is 8.43. The van der Waals surface area contributed by atoms with Gasteiger partial charge in [0.25, 0.3) is 5.91 Å². The van der Waals surface area contributed by atoms with Crippen molar-refractivity contribution in [2.45, 2.75) is 31.5 Å². The van der Waals surface area contributed by atoms with Gasteiger partial charge in [0.15, 0.2) is 0 Å². The maximum Gasteiger partial charge on any atom is 0.315 e. The molecule has 2 aromatic rings. The number of aromatic nitrogens is 1. The Balaban J connectivity index is 2.13. The van der Waals surface area contributed by atoms with Crippen molar-refractivity contribution in [3.8, 4) is 11.1 Å². The van der Waals surface area contributed by atoms with Gasteiger partial charge in [-0.15, -0.1) is 0 Å². The first-order chi connectivity index (χ1) is 12.3. The van der Waals surface area contributed by atoms with E-state index in [2.05, 4.69) is 4.98 Å². The van der Waals surface area contributed by atoms with Crippen LogP contribution >= 0.6 is 0 Å². The predicted molar refractivity (Wildman–Crippen MR) is 91.1 cm³/mol. The number of amides is 1. The first kappa shape index (κ1) is 19.9. The van der Waals surface area contributed by atoms with E-state index in [0.717, 1.165) is 16.8 Å². The van der Waals surface area contributed by atoms with Crippen molar-refractivity contribution in [2.75, 3.05) is 6.67 Å². The van der Waals surface area contributed by atoms with Gasteiger partial charge in [-0.1, -0.05) is 30.3 Å². The molecule has 0 spiro atoms. The average molecular weight is 367 g/mol. The number of aliphatic hydroxyl groups excluding tert-OH is 1. The molecule has 1 aromatic carbocycles. The SMILES string of the molecule is C[C@H](N)c1ccc(-c2ccc([C@H](O)[C@@H](CF)NC(=O)C(F)F)cc2)cn1. The molecule has 0 fully saturated rings. The number of rotatable bonds is 7. The van der Waals surface area contributed by atoms with E-state index in [1.165, 1.54) is 12.1 Å². The van der Waals surface area contributed by atoms with Gasteiger partial charge in [-0.05, 0) is 24.1 Å². The number of hydrogen-bond donors (Lipinski definition) is 3. The molecule has 4 N–H and O–H groups in total. The maximum atomic E-state index is 13.0. The van der Waals surface area contributed by atoms with E-state index in [4.69, 9.17) is 5.73 Å². The van der Waals surface area contributed by atoms with Crippen molar-refractivity contribution in [3.63, 3.8) is 0 Å². The van der Waals surface area contributed by atoms with Gasteiger partial charge in [0, 0.05) is 17.8 Å². The van der Waals surface area contributed by atoms with E-state index >= 15 is 0 Å². The Labute approximate surface area is 149 Å². The zero-order valence-electron chi connectivity index (χ0n) is 14.1. The molecule has 1 aromatic heterocycles. The fourth-order valence-electron chi connectivity index (χ4n) is 2.40. The number of aliphatic hydroxyl groups is 1. The number of nitrogens with zero attached hydrogens (tertiary/aromatic N) is 1. The van der Waals surface area contributed by atoms with Gasteiger partial charge in [0.05, 0.1) is 11.7 Å². The van der Waals surface area contributed by atoms with E-state index in [-0.39, 0.29) is 6.04 Å². The Morgan fingerprint density at radius 1 is 1.19 bits per heavy atom. The molecular weight excluding hydrogens is 347 g/mol. The lowest BCUT2D eigenvalue weighted by molar-refractivity contribution is -0.133. The molecule has 0 bridgehead atoms. The number of pyridine rings is 1. The van der Waals surface area contributed by atoms with Crippen LogP contribution in [-0.2, 0) is 4.79 Å². The van der Waals surface area contributed by atoms with Crippen LogP contribution in [0.25, 0.3) is 11.1 Å². The summed E-state index contributed by atoms with van der Waals surface area (Å²) in [6, 6.07) is 8.48. The molecule has 1 heterocycles. The summed E-state index contributed by atoms with van der Waals surface area (Å²) in [6.45, 7) is 0.649. The lowest BCUT2D eigenvalue weighted by Gasteiger charge is -2.22. The predicted octanol–water partition coefficient (Wildman–Crippen LogP) is 2.52. The van der Waals surface area contributed by atoms with E-state index < -0.39 is 31.2 Å². The van der Waals surface area contributed by atoms with Crippen LogP contribution in [0.2, 0.25) is 0 Å². The molecule has 0 unspecified atom stereocenters. The van der Waals surface area contributed by atoms with Gasteiger partial charge in [0.1, 0.15) is 12.8 Å². The quantitative estimate of drug-likeness (QED) is 0.702. The Morgan fingerprint density at radius 3 is 2.27 bits per heavy atom. The van der Waals surface area contributed by atoms with Gasteiger partial charge < -0.3 is 16.2 Å². The highest BCUT2D eigenvalue weighted by molar-refractivity contribution is 5.79. The van der Waals surface area contributed by atoms with Crippen molar-refractivity contribution in [1.82, 2.24) is 10.3 Å². The summed E-state index contributed by atoms with van der Waals surface area (Å²) >= 11 is 0. The Bertz CT molecular complexity index is 721. The molecule has 5 nitrogen and oxygen atoms in total. The molecule has 2 rings (SSSR count). The zero-order valence-corrected chi connectivity index (χ0v) is 14.1. The molecule has 1 amide bonds. The first-order valence-electron chi connectivity index (χ1n) is 7.98. The molecule has 0 radical (unpaired) electrons. The third-order valence-electron chi connectivity index (χ3n) is 3.91. The Morgan fingerprint density at radius 2 is 1.81 bits per heavy atom. The van der Waals surface area contributed by atoms with Crippen LogP contribution in [0.1, 0.15) is 30.3 Å². The van der Waals surface area contributed by atoms with Crippen LogP contribution in [0, 0.1) is 0 Å². The summed E-state index contributed by atoms with van der Waals surface area (Å²) in [7, 11) is 0. The van der Waals surface area contributed by atoms with Crippen LogP contribution in [0.4, 0.5) is 13.2 Å². The summed E-state index contributed by atoms with van der Waals surface area (Å²) in [5.74, 6) is -1.62. The molecule has 0 aliphatic carbocycles. The molecule has 0 saturated heterocycles. The molecule has 0 saturated carbocycles. The van der Waals surface area contributed by atoms with Gasteiger partial charge in [-0.2, -0.15) is 8.78 Å². The Kier molecular flexibility index (Phi) is 6.70. The number of benzene rings is 1. The van der Waals surface area contributed by atoms with Crippen molar-refractivity contribution in [1.29, 1.82) is 0 Å². The summed E-state index contributed by atoms with van der Waals surface area (Å²) < 4.78 is 37.6. The zero-order chi connectivity index (χ0) is 19.3. The van der Waals surface area contributed by atoms with Crippen molar-refractivity contribution in [3.05, 3.63) is 53.9 Å². The van der Waals surface area contributed by atoms with Gasteiger partial charge in [-0.25, -0.2) is 4.39 Å². The molecule has 8 heteroatoms. The molecule has 0 aliphatic rings. The summed E-state index contributed by atoms with van der Waals surface area (Å²) in [6.07, 6.45) is -3.06. The van der Waals surface area contributed by atoms with E-state index in [1.807, 2.05) is 19.1 Å². The molecule has 140 valence electrons. The molecule has 0 aliphatic heterocycles. The topological polar surface area (TPSA) is 88.2 Å². The third-order valence-corrected chi connectivity index (χ3v) is 3.91. The van der Waals surface area contributed by atoms with Gasteiger partial charge in [-0.3, -0.25) is 9.78 Å². The smallest absolute Gasteiger partial charge is 0.315 e. The first-order valence-corrected chi connectivity index (χ1v) is 7.98. The largest absolute Gasteiger partial charge is 0.386 e. The Hall–Kier alpha value is -2.45. The minimum absolute atomic E-state index is 0.178. The van der Waals surface area contributed by atoms with Crippen LogP contribution < -0.4 is 11.1 Å². The number of halogens is 3. The van der Waals surface area contributed by atoms with E-state index in [0.29, 0.717) is 5.56 Å². The third kappa shape index (κ3) is 4.80. The highest BCUT2D eigenvalue weighted by atomic mass is 19.3. The standard InChI is InChI=1S/C18H20F3N3O2/c1-10(22)14-7-6-13(9-23-14)11-2-4-12(5-3-11)16(25)15(8-19)24-18(26)17(20)21/h2-7,9-10,15-17,25H,8,22H2,1H3,(H,24,26)/t10-,15+,16-/m0/s1. The number of alkyl halides is 3.